The molecule has 1 N–H and O–H groups in total. The Morgan fingerprint density at radius 2 is 2.17 bits per heavy atom. The summed E-state index contributed by atoms with van der Waals surface area (Å²) in [5.41, 5.74) is 0.888. The fourth-order valence-corrected chi connectivity index (χ4v) is 1.38. The van der Waals surface area contributed by atoms with E-state index in [0.29, 0.717) is 5.75 Å². The zero-order chi connectivity index (χ0) is 8.39. The number of para-hydroxylation sites is 1. The molecule has 0 fully saturated rings. The van der Waals surface area contributed by atoms with Gasteiger partial charge < -0.3 is 5.11 Å². The Bertz CT molecular complexity index is 309. The van der Waals surface area contributed by atoms with E-state index in [1.54, 1.807) is 6.07 Å². The van der Waals surface area contributed by atoms with E-state index in [2.05, 4.69) is 10.2 Å². The average Bonchev–Trinajstić information content (AvgIpc) is 2.57. The maximum absolute atomic E-state index is 9.47. The third-order valence-electron chi connectivity index (χ3n) is 2.02. The van der Waals surface area contributed by atoms with Crippen molar-refractivity contribution in [3.05, 3.63) is 29.8 Å². The van der Waals surface area contributed by atoms with Crippen LogP contribution in [-0.2, 0) is 0 Å². The quantitative estimate of drug-likeness (QED) is 0.676. The van der Waals surface area contributed by atoms with E-state index in [1.807, 2.05) is 18.2 Å². The van der Waals surface area contributed by atoms with Crippen LogP contribution in [-0.4, -0.2) is 11.7 Å². The van der Waals surface area contributed by atoms with Crippen LogP contribution in [0.25, 0.3) is 0 Å². The van der Waals surface area contributed by atoms with Gasteiger partial charge in [-0.3, -0.25) is 0 Å². The van der Waals surface area contributed by atoms with Crippen molar-refractivity contribution in [3.63, 3.8) is 0 Å². The standard InChI is InChI=1S/C9H10N2O/c12-9-4-2-1-3-7(9)8-5-6-10-11-8/h1-4,8,12H,5-6H2. The summed E-state index contributed by atoms with van der Waals surface area (Å²) >= 11 is 0. The Kier molecular flexibility index (Phi) is 1.78. The van der Waals surface area contributed by atoms with Gasteiger partial charge in [-0.2, -0.15) is 10.2 Å². The maximum atomic E-state index is 9.47. The van der Waals surface area contributed by atoms with Crippen LogP contribution in [0.15, 0.2) is 34.5 Å². The molecule has 3 heteroatoms. The number of aromatic hydroxyl groups is 1. The van der Waals surface area contributed by atoms with Crippen LogP contribution in [0.4, 0.5) is 0 Å². The van der Waals surface area contributed by atoms with Gasteiger partial charge in [-0.1, -0.05) is 18.2 Å². The predicted molar refractivity (Wildman–Crippen MR) is 45.2 cm³/mol. The molecule has 0 spiro atoms. The molecule has 0 saturated heterocycles. The lowest BCUT2D eigenvalue weighted by Crippen LogP contribution is -1.91. The lowest BCUT2D eigenvalue weighted by atomic mass is 10.0. The van der Waals surface area contributed by atoms with Crippen LogP contribution in [0, 0.1) is 0 Å². The summed E-state index contributed by atoms with van der Waals surface area (Å²) < 4.78 is 0. The Morgan fingerprint density at radius 3 is 2.83 bits per heavy atom. The zero-order valence-corrected chi connectivity index (χ0v) is 6.64. The number of hydrogen-bond donors (Lipinski definition) is 1. The number of benzene rings is 1. The first kappa shape index (κ1) is 7.28. The molecule has 2 rings (SSSR count). The highest BCUT2D eigenvalue weighted by atomic mass is 16.3. The molecule has 0 aliphatic carbocycles. The molecule has 0 saturated carbocycles. The summed E-state index contributed by atoms with van der Waals surface area (Å²) in [4.78, 5) is 0. The van der Waals surface area contributed by atoms with E-state index >= 15 is 0 Å². The van der Waals surface area contributed by atoms with Crippen molar-refractivity contribution in [2.45, 2.75) is 12.5 Å². The van der Waals surface area contributed by atoms with Crippen molar-refractivity contribution < 1.29 is 5.11 Å². The Balaban J connectivity index is 2.33. The number of phenolic OH excluding ortho intramolecular Hbond substituents is 1. The van der Waals surface area contributed by atoms with Crippen LogP contribution in [0.3, 0.4) is 0 Å². The fourth-order valence-electron chi connectivity index (χ4n) is 1.38. The van der Waals surface area contributed by atoms with E-state index in [1.165, 1.54) is 0 Å². The SMILES string of the molecule is Oc1ccccc1C1CCN=N1. The molecule has 1 aromatic rings. The van der Waals surface area contributed by atoms with Crippen LogP contribution < -0.4 is 0 Å². The Hall–Kier alpha value is -1.38. The van der Waals surface area contributed by atoms with Gasteiger partial charge in [-0.15, -0.1) is 0 Å². The van der Waals surface area contributed by atoms with E-state index < -0.39 is 0 Å². The normalized spacial score (nSPS) is 21.5. The van der Waals surface area contributed by atoms with Crippen LogP contribution >= 0.6 is 0 Å². The van der Waals surface area contributed by atoms with Gasteiger partial charge in [0.25, 0.3) is 0 Å². The molecule has 0 bridgehead atoms. The average molecular weight is 162 g/mol. The molecular weight excluding hydrogens is 152 g/mol. The zero-order valence-electron chi connectivity index (χ0n) is 6.64. The smallest absolute Gasteiger partial charge is 0.120 e. The summed E-state index contributed by atoms with van der Waals surface area (Å²) in [6, 6.07) is 7.37. The number of phenols is 1. The summed E-state index contributed by atoms with van der Waals surface area (Å²) in [6.45, 7) is 0.777. The van der Waals surface area contributed by atoms with Crippen LogP contribution in [0.1, 0.15) is 18.0 Å². The van der Waals surface area contributed by atoms with Gasteiger partial charge in [0.05, 0.1) is 6.54 Å². The lowest BCUT2D eigenvalue weighted by molar-refractivity contribution is 0.462. The minimum Gasteiger partial charge on any atom is -0.508 e. The van der Waals surface area contributed by atoms with Crippen molar-refractivity contribution in [1.82, 2.24) is 0 Å². The molecule has 0 aromatic heterocycles. The number of azo groups is 1. The summed E-state index contributed by atoms with van der Waals surface area (Å²) in [7, 11) is 0. The highest BCUT2D eigenvalue weighted by Gasteiger charge is 2.16. The summed E-state index contributed by atoms with van der Waals surface area (Å²) in [5.74, 6) is 0.323. The van der Waals surface area contributed by atoms with Crippen molar-refractivity contribution >= 4 is 0 Å². The molecular formula is C9H10N2O. The first-order chi connectivity index (χ1) is 5.88. The number of nitrogens with zero attached hydrogens (tertiary/aromatic N) is 2. The second-order valence-electron chi connectivity index (χ2n) is 2.84. The van der Waals surface area contributed by atoms with Crippen molar-refractivity contribution in [2.24, 2.45) is 10.2 Å². The minimum absolute atomic E-state index is 0.0752. The topological polar surface area (TPSA) is 45.0 Å². The van der Waals surface area contributed by atoms with Gasteiger partial charge in [0.15, 0.2) is 0 Å². The van der Waals surface area contributed by atoms with E-state index in [9.17, 15) is 5.11 Å². The van der Waals surface area contributed by atoms with Gasteiger partial charge >= 0.3 is 0 Å². The molecule has 1 heterocycles. The minimum atomic E-state index is 0.0752. The molecule has 3 nitrogen and oxygen atoms in total. The predicted octanol–water partition coefficient (Wildman–Crippen LogP) is 2.29. The lowest BCUT2D eigenvalue weighted by Gasteiger charge is -2.06. The number of rotatable bonds is 1. The van der Waals surface area contributed by atoms with Crippen molar-refractivity contribution in [1.29, 1.82) is 0 Å². The second kappa shape index (κ2) is 2.93. The van der Waals surface area contributed by atoms with Crippen molar-refractivity contribution in [2.75, 3.05) is 6.54 Å². The third-order valence-corrected chi connectivity index (χ3v) is 2.02. The first-order valence-corrected chi connectivity index (χ1v) is 4.02. The molecule has 1 aliphatic rings. The Labute approximate surface area is 70.8 Å². The fraction of sp³-hybridized carbons (Fsp3) is 0.333. The molecule has 1 aromatic carbocycles. The van der Waals surface area contributed by atoms with Gasteiger partial charge in [0.1, 0.15) is 11.8 Å². The molecule has 1 atom stereocenters. The molecule has 62 valence electrons. The van der Waals surface area contributed by atoms with E-state index in [0.717, 1.165) is 18.5 Å². The van der Waals surface area contributed by atoms with Gasteiger partial charge in [-0.25, -0.2) is 0 Å². The number of hydrogen-bond acceptors (Lipinski definition) is 3. The van der Waals surface area contributed by atoms with Crippen molar-refractivity contribution in [3.8, 4) is 5.75 Å². The monoisotopic (exact) mass is 162 g/mol. The molecule has 0 radical (unpaired) electrons. The summed E-state index contributed by atoms with van der Waals surface area (Å²) in [5, 5.41) is 17.4. The maximum Gasteiger partial charge on any atom is 0.120 e. The van der Waals surface area contributed by atoms with E-state index in [4.69, 9.17) is 0 Å². The van der Waals surface area contributed by atoms with Gasteiger partial charge in [0, 0.05) is 5.56 Å². The largest absolute Gasteiger partial charge is 0.508 e. The molecule has 12 heavy (non-hydrogen) atoms. The third kappa shape index (κ3) is 1.18. The molecule has 1 aliphatic heterocycles. The Morgan fingerprint density at radius 1 is 1.33 bits per heavy atom. The van der Waals surface area contributed by atoms with Gasteiger partial charge in [0.2, 0.25) is 0 Å². The highest BCUT2D eigenvalue weighted by molar-refractivity contribution is 5.34. The van der Waals surface area contributed by atoms with Crippen LogP contribution in [0.2, 0.25) is 0 Å². The summed E-state index contributed by atoms with van der Waals surface area (Å²) in [6.07, 6.45) is 0.914. The second-order valence-corrected chi connectivity index (χ2v) is 2.84. The van der Waals surface area contributed by atoms with Gasteiger partial charge in [-0.05, 0) is 12.5 Å². The highest BCUT2D eigenvalue weighted by Crippen LogP contribution is 2.31. The molecule has 1 unspecified atom stereocenters. The molecule has 0 amide bonds. The first-order valence-electron chi connectivity index (χ1n) is 4.02. The van der Waals surface area contributed by atoms with E-state index in [-0.39, 0.29) is 6.04 Å². The van der Waals surface area contributed by atoms with Crippen LogP contribution in [0.5, 0.6) is 5.75 Å².